The lowest BCUT2D eigenvalue weighted by Crippen LogP contribution is -1.99. The van der Waals surface area contributed by atoms with E-state index in [4.69, 9.17) is 38.4 Å². The number of halogens is 2. The average Bonchev–Trinajstić information content (AvgIpc) is 2.39. The Morgan fingerprint density at radius 1 is 0.900 bits per heavy atom. The van der Waals surface area contributed by atoms with Crippen molar-refractivity contribution in [1.82, 2.24) is 0 Å². The van der Waals surface area contributed by atoms with Crippen LogP contribution in [0.1, 0.15) is 0 Å². The van der Waals surface area contributed by atoms with E-state index in [1.807, 2.05) is 0 Å². The second-order valence-corrected chi connectivity index (χ2v) is 4.95. The first-order valence-corrected chi connectivity index (χ1v) is 6.53. The molecule has 2 rings (SSSR count). The van der Waals surface area contributed by atoms with Gasteiger partial charge in [-0.1, -0.05) is 23.2 Å². The van der Waals surface area contributed by atoms with Crippen molar-refractivity contribution in [1.29, 1.82) is 0 Å². The van der Waals surface area contributed by atoms with Crippen molar-refractivity contribution in [3.05, 3.63) is 40.4 Å². The van der Waals surface area contributed by atoms with Crippen LogP contribution < -0.4 is 20.5 Å². The summed E-state index contributed by atoms with van der Waals surface area (Å²) < 4.78 is 10.4. The fourth-order valence-corrected chi connectivity index (χ4v) is 2.31. The molecule has 4 nitrogen and oxygen atoms in total. The van der Waals surface area contributed by atoms with Crippen molar-refractivity contribution in [3.63, 3.8) is 0 Å². The van der Waals surface area contributed by atoms with E-state index in [0.717, 1.165) is 5.69 Å². The third-order valence-electron chi connectivity index (χ3n) is 2.70. The van der Waals surface area contributed by atoms with Crippen LogP contribution in [0.4, 0.5) is 17.1 Å². The van der Waals surface area contributed by atoms with Gasteiger partial charge in [-0.05, 0) is 18.2 Å². The molecule has 0 saturated carbocycles. The second-order valence-electron chi connectivity index (χ2n) is 4.08. The molecule has 2 aromatic carbocycles. The molecule has 20 heavy (non-hydrogen) atoms. The molecule has 0 amide bonds. The molecule has 3 N–H and O–H groups in total. The third kappa shape index (κ3) is 3.21. The number of benzene rings is 2. The summed E-state index contributed by atoms with van der Waals surface area (Å²) in [6, 6.07) is 8.61. The number of nitrogen functional groups attached to an aromatic ring is 1. The largest absolute Gasteiger partial charge is 0.493 e. The molecule has 0 bridgehead atoms. The Bertz CT molecular complexity index is 613. The zero-order valence-corrected chi connectivity index (χ0v) is 12.5. The van der Waals surface area contributed by atoms with Crippen LogP contribution >= 0.6 is 23.2 Å². The van der Waals surface area contributed by atoms with Gasteiger partial charge in [0.05, 0.1) is 25.6 Å². The number of nitrogens with one attached hydrogen (secondary N) is 1. The number of methoxy groups -OCH3 is 2. The number of nitrogens with two attached hydrogens (primary N) is 1. The number of hydrogen-bond acceptors (Lipinski definition) is 4. The maximum Gasteiger partial charge on any atom is 0.162 e. The molecule has 0 aliphatic carbocycles. The molecule has 0 aliphatic rings. The molecule has 0 saturated heterocycles. The zero-order valence-electron chi connectivity index (χ0n) is 11.0. The predicted molar refractivity (Wildman–Crippen MR) is 83.7 cm³/mol. The normalized spacial score (nSPS) is 10.2. The molecule has 0 atom stereocenters. The van der Waals surface area contributed by atoms with E-state index in [1.54, 1.807) is 44.6 Å². The lowest BCUT2D eigenvalue weighted by molar-refractivity contribution is 0.355. The molecule has 2 aromatic rings. The maximum absolute atomic E-state index is 5.98. The van der Waals surface area contributed by atoms with E-state index in [9.17, 15) is 0 Å². The van der Waals surface area contributed by atoms with Crippen molar-refractivity contribution in [3.8, 4) is 11.5 Å². The molecule has 0 spiro atoms. The molecule has 0 aromatic heterocycles. The average molecular weight is 313 g/mol. The SMILES string of the molecule is COc1cc(N)c(Nc2cc(Cl)cc(Cl)c2)cc1OC. The summed E-state index contributed by atoms with van der Waals surface area (Å²) >= 11 is 11.9. The lowest BCUT2D eigenvalue weighted by atomic mass is 10.2. The summed E-state index contributed by atoms with van der Waals surface area (Å²) in [5, 5.41) is 4.23. The molecular formula is C14H14Cl2N2O2. The topological polar surface area (TPSA) is 56.5 Å². The minimum atomic E-state index is 0.527. The lowest BCUT2D eigenvalue weighted by Gasteiger charge is -2.14. The van der Waals surface area contributed by atoms with Gasteiger partial charge < -0.3 is 20.5 Å². The van der Waals surface area contributed by atoms with Gasteiger partial charge in [0.2, 0.25) is 0 Å². The first-order chi connectivity index (χ1) is 9.53. The first kappa shape index (κ1) is 14.6. The monoisotopic (exact) mass is 312 g/mol. The summed E-state index contributed by atoms with van der Waals surface area (Å²) in [6.45, 7) is 0. The van der Waals surface area contributed by atoms with E-state index >= 15 is 0 Å². The Labute approximate surface area is 127 Å². The van der Waals surface area contributed by atoms with E-state index in [-0.39, 0.29) is 0 Å². The fourth-order valence-electron chi connectivity index (χ4n) is 1.78. The van der Waals surface area contributed by atoms with Crippen LogP contribution in [0.15, 0.2) is 30.3 Å². The Morgan fingerprint density at radius 3 is 2.00 bits per heavy atom. The number of ether oxygens (including phenoxy) is 2. The maximum atomic E-state index is 5.98. The van der Waals surface area contributed by atoms with Gasteiger partial charge in [0.15, 0.2) is 11.5 Å². The van der Waals surface area contributed by atoms with Crippen LogP contribution in [0.3, 0.4) is 0 Å². The van der Waals surface area contributed by atoms with Gasteiger partial charge in [0.1, 0.15) is 0 Å². The zero-order chi connectivity index (χ0) is 14.7. The van der Waals surface area contributed by atoms with Gasteiger partial charge >= 0.3 is 0 Å². The van der Waals surface area contributed by atoms with E-state index in [2.05, 4.69) is 5.32 Å². The predicted octanol–water partition coefficient (Wildman–Crippen LogP) is 4.34. The van der Waals surface area contributed by atoms with Crippen molar-refractivity contribution in [2.75, 3.05) is 25.3 Å². The number of rotatable bonds is 4. The highest BCUT2D eigenvalue weighted by Crippen LogP contribution is 2.36. The Morgan fingerprint density at radius 2 is 1.45 bits per heavy atom. The summed E-state index contributed by atoms with van der Waals surface area (Å²) in [5.74, 6) is 1.15. The van der Waals surface area contributed by atoms with Crippen LogP contribution in [-0.2, 0) is 0 Å². The smallest absolute Gasteiger partial charge is 0.162 e. The number of anilines is 3. The third-order valence-corrected chi connectivity index (χ3v) is 3.13. The fraction of sp³-hybridized carbons (Fsp3) is 0.143. The summed E-state index contributed by atoms with van der Waals surface area (Å²) in [4.78, 5) is 0. The Balaban J connectivity index is 2.37. The molecule has 6 heteroatoms. The van der Waals surface area contributed by atoms with Crippen LogP contribution in [0.2, 0.25) is 10.0 Å². The van der Waals surface area contributed by atoms with Gasteiger partial charge in [0, 0.05) is 27.9 Å². The highest BCUT2D eigenvalue weighted by molar-refractivity contribution is 6.35. The van der Waals surface area contributed by atoms with Crippen LogP contribution in [0, 0.1) is 0 Å². The van der Waals surface area contributed by atoms with E-state index in [0.29, 0.717) is 32.9 Å². The Hall–Kier alpha value is -1.78. The van der Waals surface area contributed by atoms with E-state index < -0.39 is 0 Å². The van der Waals surface area contributed by atoms with Crippen LogP contribution in [-0.4, -0.2) is 14.2 Å². The second kappa shape index (κ2) is 6.11. The first-order valence-electron chi connectivity index (χ1n) is 5.78. The van der Waals surface area contributed by atoms with Gasteiger partial charge in [-0.3, -0.25) is 0 Å². The Kier molecular flexibility index (Phi) is 4.47. The summed E-state index contributed by atoms with van der Waals surface area (Å²) in [6.07, 6.45) is 0. The molecule has 0 radical (unpaired) electrons. The molecule has 0 unspecified atom stereocenters. The van der Waals surface area contributed by atoms with Crippen molar-refractivity contribution < 1.29 is 9.47 Å². The molecule has 0 fully saturated rings. The highest BCUT2D eigenvalue weighted by Gasteiger charge is 2.10. The molecule has 106 valence electrons. The molecule has 0 heterocycles. The molecule has 0 aliphatic heterocycles. The summed E-state index contributed by atoms with van der Waals surface area (Å²) in [7, 11) is 3.12. The molecular weight excluding hydrogens is 299 g/mol. The van der Waals surface area contributed by atoms with Crippen molar-refractivity contribution in [2.45, 2.75) is 0 Å². The van der Waals surface area contributed by atoms with Crippen molar-refractivity contribution in [2.24, 2.45) is 0 Å². The quantitative estimate of drug-likeness (QED) is 0.825. The highest BCUT2D eigenvalue weighted by atomic mass is 35.5. The number of hydrogen-bond donors (Lipinski definition) is 2. The van der Waals surface area contributed by atoms with Gasteiger partial charge in [-0.15, -0.1) is 0 Å². The standard InChI is InChI=1S/C14H14Cl2N2O2/c1-19-13-6-11(17)12(7-14(13)20-2)18-10-4-8(15)3-9(16)5-10/h3-7,18H,17H2,1-2H3. The van der Waals surface area contributed by atoms with Crippen LogP contribution in [0.5, 0.6) is 11.5 Å². The van der Waals surface area contributed by atoms with Crippen LogP contribution in [0.25, 0.3) is 0 Å². The summed E-state index contributed by atoms with van der Waals surface area (Å²) in [5.41, 5.74) is 7.93. The van der Waals surface area contributed by atoms with Crippen molar-refractivity contribution >= 4 is 40.3 Å². The van der Waals surface area contributed by atoms with Gasteiger partial charge in [-0.2, -0.15) is 0 Å². The minimum Gasteiger partial charge on any atom is -0.493 e. The van der Waals surface area contributed by atoms with Gasteiger partial charge in [0.25, 0.3) is 0 Å². The van der Waals surface area contributed by atoms with E-state index in [1.165, 1.54) is 0 Å². The minimum absolute atomic E-state index is 0.527. The van der Waals surface area contributed by atoms with Gasteiger partial charge in [-0.25, -0.2) is 0 Å².